The van der Waals surface area contributed by atoms with Crippen molar-refractivity contribution in [3.05, 3.63) is 83.1 Å². The summed E-state index contributed by atoms with van der Waals surface area (Å²) in [6.45, 7) is 2.03. The molecule has 0 saturated carbocycles. The Bertz CT molecular complexity index is 1070. The number of hydrogen-bond donors (Lipinski definition) is 3. The van der Waals surface area contributed by atoms with Crippen LogP contribution in [0.3, 0.4) is 0 Å². The molecule has 2 aromatic rings. The maximum absolute atomic E-state index is 12.5. The van der Waals surface area contributed by atoms with Crippen LogP contribution >= 0.6 is 0 Å². The second-order valence-electron chi connectivity index (χ2n) is 7.78. The van der Waals surface area contributed by atoms with Gasteiger partial charge in [-0.25, -0.2) is 4.79 Å². The molecule has 2 aromatic carbocycles. The Labute approximate surface area is 215 Å². The first-order chi connectivity index (χ1) is 15.2. The maximum atomic E-state index is 12.5. The predicted molar refractivity (Wildman–Crippen MR) is 119 cm³/mol. The largest absolute Gasteiger partial charge is 1.00 e. The van der Waals surface area contributed by atoms with E-state index in [-0.39, 0.29) is 37.4 Å². The zero-order valence-corrected chi connectivity index (χ0v) is 20.9. The Hall–Kier alpha value is -2.94. The Morgan fingerprint density at radius 3 is 2.45 bits per heavy atom. The molecule has 0 aromatic heterocycles. The third-order valence-corrected chi connectivity index (χ3v) is 5.17. The molecule has 3 amide bonds. The van der Waals surface area contributed by atoms with Crippen molar-refractivity contribution in [1.82, 2.24) is 15.5 Å². The minimum atomic E-state index is -1.34. The number of amides is 3. The summed E-state index contributed by atoms with van der Waals surface area (Å²) in [5, 5.41) is 14.2. The summed E-state index contributed by atoms with van der Waals surface area (Å²) in [6, 6.07) is 12.5. The van der Waals surface area contributed by atoms with Crippen molar-refractivity contribution < 1.29 is 55.3 Å². The number of nitrogens with zero attached hydrogens (tertiary/aromatic N) is 1. The van der Waals surface area contributed by atoms with E-state index in [1.165, 1.54) is 29.8 Å². The van der Waals surface area contributed by atoms with E-state index in [1.807, 2.05) is 37.3 Å². The number of likely N-dealkylation sites (N-methyl/N-ethyl adjacent to an activating group) is 1. The smallest absolute Gasteiger partial charge is 1.00 e. The Morgan fingerprint density at radius 2 is 1.82 bits per heavy atom. The van der Waals surface area contributed by atoms with E-state index in [0.29, 0.717) is 5.56 Å². The van der Waals surface area contributed by atoms with E-state index in [1.54, 1.807) is 12.1 Å². The molecule has 0 saturated heterocycles. The zero-order chi connectivity index (χ0) is 23.3. The molecule has 8 nitrogen and oxygen atoms in total. The first-order valence-corrected chi connectivity index (χ1v) is 10.1. The summed E-state index contributed by atoms with van der Waals surface area (Å²) < 4.78 is 0. The topological polar surface area (TPSA) is 116 Å². The third-order valence-electron chi connectivity index (χ3n) is 5.17. The molecule has 9 heteroatoms. The van der Waals surface area contributed by atoms with Crippen molar-refractivity contribution in [2.45, 2.75) is 31.8 Å². The van der Waals surface area contributed by atoms with Crippen molar-refractivity contribution in [3.8, 4) is 0 Å². The molecule has 2 unspecified atom stereocenters. The van der Waals surface area contributed by atoms with E-state index in [0.717, 1.165) is 17.5 Å². The Kier molecular flexibility index (Phi) is 9.40. The van der Waals surface area contributed by atoms with Gasteiger partial charge in [0.1, 0.15) is 0 Å². The Balaban J connectivity index is 0.00000289. The molecule has 0 aliphatic carbocycles. The molecule has 33 heavy (non-hydrogen) atoms. The van der Waals surface area contributed by atoms with Crippen molar-refractivity contribution in [1.29, 1.82) is 0 Å². The second kappa shape index (κ2) is 11.8. The van der Waals surface area contributed by atoms with Crippen molar-refractivity contribution in [2.24, 2.45) is 0 Å². The fourth-order valence-electron chi connectivity index (χ4n) is 3.50. The molecule has 0 fully saturated rings. The molecule has 168 valence electrons. The summed E-state index contributed by atoms with van der Waals surface area (Å²) >= 11 is 0. The summed E-state index contributed by atoms with van der Waals surface area (Å²) in [5.74, 6) is -2.20. The third kappa shape index (κ3) is 7.28. The molecule has 3 N–H and O–H groups in total. The standard InChI is InChI=1S/C24H25N3O5.Na.H/c1-15-4-3-5-17(12-15)13-16-6-8-18(9-7-16)19(14-21(29)30)25-24(32)26-22-20(28)10-11-27(2)23(22)31;;/h3-12,19,22H,13-14H2,1-2H3,(H,29,30)(H2,25,26,32);;/q;+1;-1. The SMILES string of the molecule is Cc1cccc(Cc2ccc(C(CC(=O)O)NC(=O)NC3C(=O)C=CN(C)C3=O)cc2)c1.[H-].[Na+]. The van der Waals surface area contributed by atoms with Gasteiger partial charge in [-0.15, -0.1) is 0 Å². The monoisotopic (exact) mass is 459 g/mol. The number of aliphatic carboxylic acids is 1. The predicted octanol–water partition coefficient (Wildman–Crippen LogP) is -0.559. The number of carbonyl (C=O) groups is 4. The normalized spacial score (nSPS) is 16.1. The number of carbonyl (C=O) groups excluding carboxylic acids is 3. The van der Waals surface area contributed by atoms with Gasteiger partial charge in [0.2, 0.25) is 0 Å². The van der Waals surface area contributed by atoms with Gasteiger partial charge >= 0.3 is 41.6 Å². The number of carboxylic acid groups (broad SMARTS) is 1. The van der Waals surface area contributed by atoms with E-state index in [4.69, 9.17) is 0 Å². The fourth-order valence-corrected chi connectivity index (χ4v) is 3.50. The van der Waals surface area contributed by atoms with Gasteiger partial charge in [-0.3, -0.25) is 14.4 Å². The van der Waals surface area contributed by atoms with E-state index in [2.05, 4.69) is 16.7 Å². The maximum Gasteiger partial charge on any atom is 1.00 e. The van der Waals surface area contributed by atoms with Crippen LogP contribution in [0.25, 0.3) is 0 Å². The van der Waals surface area contributed by atoms with Gasteiger partial charge in [0.15, 0.2) is 11.8 Å². The van der Waals surface area contributed by atoms with Gasteiger partial charge in [-0.1, -0.05) is 54.1 Å². The first kappa shape index (κ1) is 26.3. The molecule has 0 bridgehead atoms. The Morgan fingerprint density at radius 1 is 1.12 bits per heavy atom. The minimum absolute atomic E-state index is 0. The van der Waals surface area contributed by atoms with E-state index >= 15 is 0 Å². The molecule has 0 spiro atoms. The van der Waals surface area contributed by atoms with Gasteiger partial charge < -0.3 is 22.1 Å². The summed E-state index contributed by atoms with van der Waals surface area (Å²) in [4.78, 5) is 49.1. The average molecular weight is 459 g/mol. The van der Waals surface area contributed by atoms with Gasteiger partial charge in [0.05, 0.1) is 12.5 Å². The quantitative estimate of drug-likeness (QED) is 0.379. The molecular formula is C24H26N3NaO5. The van der Waals surface area contributed by atoms with Crippen LogP contribution < -0.4 is 40.2 Å². The molecule has 1 aliphatic heterocycles. The number of benzene rings is 2. The van der Waals surface area contributed by atoms with E-state index < -0.39 is 35.8 Å². The minimum Gasteiger partial charge on any atom is -1.00 e. The van der Waals surface area contributed by atoms with Crippen LogP contribution in [0.4, 0.5) is 4.79 Å². The molecular weight excluding hydrogens is 433 g/mol. The summed E-state index contributed by atoms with van der Waals surface area (Å²) in [7, 11) is 1.48. The number of hydrogen-bond acceptors (Lipinski definition) is 4. The van der Waals surface area contributed by atoms with Crippen LogP contribution in [-0.2, 0) is 20.8 Å². The number of urea groups is 1. The van der Waals surface area contributed by atoms with Gasteiger partial charge in [-0.05, 0) is 30.0 Å². The number of ketones is 1. The van der Waals surface area contributed by atoms with Crippen LogP contribution in [0.15, 0.2) is 60.8 Å². The first-order valence-electron chi connectivity index (χ1n) is 10.1. The second-order valence-corrected chi connectivity index (χ2v) is 7.78. The fraction of sp³-hybridized carbons (Fsp3) is 0.250. The van der Waals surface area contributed by atoms with Gasteiger partial charge in [0, 0.05) is 19.3 Å². The molecule has 2 atom stereocenters. The summed E-state index contributed by atoms with van der Waals surface area (Å²) in [5.41, 5.74) is 3.99. The van der Waals surface area contributed by atoms with Crippen LogP contribution in [0.5, 0.6) is 0 Å². The van der Waals surface area contributed by atoms with Crippen LogP contribution in [-0.4, -0.2) is 46.8 Å². The zero-order valence-electron chi connectivity index (χ0n) is 19.9. The van der Waals surface area contributed by atoms with Crippen LogP contribution in [0.1, 0.15) is 36.1 Å². The number of aryl methyl sites for hydroxylation is 1. The van der Waals surface area contributed by atoms with Crippen molar-refractivity contribution >= 4 is 23.7 Å². The van der Waals surface area contributed by atoms with E-state index in [9.17, 15) is 24.3 Å². The molecule has 3 rings (SSSR count). The number of carboxylic acids is 1. The van der Waals surface area contributed by atoms with Gasteiger partial charge in [0.25, 0.3) is 5.91 Å². The number of nitrogens with one attached hydrogen (secondary N) is 2. The number of rotatable bonds is 7. The van der Waals surface area contributed by atoms with Crippen LogP contribution in [0, 0.1) is 6.92 Å². The van der Waals surface area contributed by atoms with Crippen molar-refractivity contribution in [3.63, 3.8) is 0 Å². The summed E-state index contributed by atoms with van der Waals surface area (Å²) in [6.07, 6.45) is 2.91. The molecule has 1 aliphatic rings. The van der Waals surface area contributed by atoms with Crippen LogP contribution in [0.2, 0.25) is 0 Å². The van der Waals surface area contributed by atoms with Crippen molar-refractivity contribution in [2.75, 3.05) is 7.05 Å². The molecule has 0 radical (unpaired) electrons. The van der Waals surface area contributed by atoms with Gasteiger partial charge in [-0.2, -0.15) is 0 Å². The average Bonchev–Trinajstić information content (AvgIpc) is 2.74. The molecule has 1 heterocycles.